The minimum absolute atomic E-state index is 0.205. The van der Waals surface area contributed by atoms with Gasteiger partial charge in [-0.2, -0.15) is 0 Å². The van der Waals surface area contributed by atoms with Gasteiger partial charge in [-0.15, -0.1) is 0 Å². The Balaban J connectivity index is 2.14. The number of hydrogen-bond acceptors (Lipinski definition) is 4. The molecule has 1 aliphatic rings. The van der Waals surface area contributed by atoms with Gasteiger partial charge in [-0.1, -0.05) is 0 Å². The second kappa shape index (κ2) is 6.13. The number of halogens is 2. The summed E-state index contributed by atoms with van der Waals surface area (Å²) >= 11 is 0. The Hall–Kier alpha value is -1.76. The Morgan fingerprint density at radius 2 is 2.05 bits per heavy atom. The number of likely N-dealkylation sites (tertiary alicyclic amines) is 1. The molecule has 0 radical (unpaired) electrons. The lowest BCUT2D eigenvalue weighted by molar-refractivity contribution is -0.384. The number of nitro groups is 1. The van der Waals surface area contributed by atoms with Gasteiger partial charge in [-0.25, -0.2) is 8.78 Å². The minimum atomic E-state index is -1.20. The lowest BCUT2D eigenvalue weighted by Crippen LogP contribution is -2.33. The molecule has 1 N–H and O–H groups in total. The van der Waals surface area contributed by atoms with Crippen molar-refractivity contribution in [2.24, 2.45) is 0 Å². The van der Waals surface area contributed by atoms with Gasteiger partial charge in [0.05, 0.1) is 4.92 Å². The van der Waals surface area contributed by atoms with Crippen LogP contribution in [0.15, 0.2) is 12.1 Å². The predicted molar refractivity (Wildman–Crippen MR) is 71.8 cm³/mol. The van der Waals surface area contributed by atoms with Gasteiger partial charge in [0.15, 0.2) is 17.3 Å². The highest BCUT2D eigenvalue weighted by Gasteiger charge is 2.24. The molecule has 0 saturated carbocycles. The summed E-state index contributed by atoms with van der Waals surface area (Å²) in [5, 5.41) is 13.6. The molecule has 0 amide bonds. The quantitative estimate of drug-likeness (QED) is 0.667. The van der Waals surface area contributed by atoms with Crippen molar-refractivity contribution in [3.8, 4) is 0 Å². The van der Waals surface area contributed by atoms with Crippen LogP contribution in [0.25, 0.3) is 0 Å². The fourth-order valence-electron chi connectivity index (χ4n) is 2.47. The average molecular weight is 285 g/mol. The number of benzene rings is 1. The molecule has 1 aliphatic heterocycles. The van der Waals surface area contributed by atoms with Crippen LogP contribution in [0.3, 0.4) is 0 Å². The van der Waals surface area contributed by atoms with E-state index in [1.807, 2.05) is 0 Å². The zero-order chi connectivity index (χ0) is 14.7. The first-order chi connectivity index (χ1) is 9.49. The van der Waals surface area contributed by atoms with E-state index in [4.69, 9.17) is 0 Å². The smallest absolute Gasteiger partial charge is 0.295 e. The molecule has 0 aromatic heterocycles. The van der Waals surface area contributed by atoms with E-state index in [0.29, 0.717) is 6.54 Å². The van der Waals surface area contributed by atoms with Gasteiger partial charge in [0.25, 0.3) is 5.69 Å². The number of nitrogens with zero attached hydrogens (tertiary/aromatic N) is 2. The molecular formula is C13H17F2N3O2. The number of rotatable bonds is 5. The molecule has 1 heterocycles. The molecule has 1 aromatic carbocycles. The van der Waals surface area contributed by atoms with Gasteiger partial charge in [0.2, 0.25) is 0 Å². The van der Waals surface area contributed by atoms with E-state index in [1.165, 1.54) is 0 Å². The molecule has 20 heavy (non-hydrogen) atoms. The van der Waals surface area contributed by atoms with Gasteiger partial charge in [-0.3, -0.25) is 10.1 Å². The van der Waals surface area contributed by atoms with Crippen LogP contribution in [0, 0.1) is 21.7 Å². The summed E-state index contributed by atoms with van der Waals surface area (Å²) in [4.78, 5) is 12.4. The number of anilines is 1. The highest BCUT2D eigenvalue weighted by atomic mass is 19.2. The van der Waals surface area contributed by atoms with Crippen LogP contribution in [0.5, 0.6) is 0 Å². The van der Waals surface area contributed by atoms with Crippen molar-refractivity contribution in [2.45, 2.75) is 25.8 Å². The van der Waals surface area contributed by atoms with E-state index in [0.717, 1.165) is 38.1 Å². The Morgan fingerprint density at radius 1 is 1.40 bits per heavy atom. The normalized spacial score (nSPS) is 17.1. The highest BCUT2D eigenvalue weighted by Crippen LogP contribution is 2.29. The standard InChI is InChI=1S/C13H17F2N3O2/c1-9(8-17-6-2-3-7-17)16-13-11(18(19)20)5-4-10(14)12(13)15/h4-5,9,16H,2-3,6-8H2,1H3. The summed E-state index contributed by atoms with van der Waals surface area (Å²) in [6.45, 7) is 4.39. The van der Waals surface area contributed by atoms with Crippen LogP contribution in [0.4, 0.5) is 20.2 Å². The molecule has 5 nitrogen and oxygen atoms in total. The zero-order valence-electron chi connectivity index (χ0n) is 11.2. The Kier molecular flexibility index (Phi) is 4.49. The van der Waals surface area contributed by atoms with E-state index in [2.05, 4.69) is 10.2 Å². The summed E-state index contributed by atoms with van der Waals surface area (Å²) in [6, 6.07) is 1.54. The first kappa shape index (κ1) is 14.6. The topological polar surface area (TPSA) is 58.4 Å². The van der Waals surface area contributed by atoms with E-state index in [1.54, 1.807) is 6.92 Å². The second-order valence-corrected chi connectivity index (χ2v) is 5.07. The monoisotopic (exact) mass is 285 g/mol. The summed E-state index contributed by atoms with van der Waals surface area (Å²) in [7, 11) is 0. The highest BCUT2D eigenvalue weighted by molar-refractivity contribution is 5.63. The number of nitrogens with one attached hydrogen (secondary N) is 1. The molecule has 1 aromatic rings. The molecule has 1 saturated heterocycles. The molecule has 1 fully saturated rings. The van der Waals surface area contributed by atoms with Crippen molar-refractivity contribution in [3.05, 3.63) is 33.9 Å². The molecule has 1 unspecified atom stereocenters. The van der Waals surface area contributed by atoms with E-state index >= 15 is 0 Å². The maximum absolute atomic E-state index is 13.7. The van der Waals surface area contributed by atoms with Crippen molar-refractivity contribution in [2.75, 3.05) is 25.0 Å². The molecule has 0 aliphatic carbocycles. The minimum Gasteiger partial charge on any atom is -0.373 e. The fourth-order valence-corrected chi connectivity index (χ4v) is 2.47. The van der Waals surface area contributed by atoms with E-state index in [9.17, 15) is 18.9 Å². The van der Waals surface area contributed by atoms with Crippen LogP contribution >= 0.6 is 0 Å². The fraction of sp³-hybridized carbons (Fsp3) is 0.538. The first-order valence-corrected chi connectivity index (χ1v) is 6.60. The van der Waals surface area contributed by atoms with Crippen LogP contribution in [0.2, 0.25) is 0 Å². The van der Waals surface area contributed by atoms with Crippen LogP contribution in [0.1, 0.15) is 19.8 Å². The third kappa shape index (κ3) is 3.22. The van der Waals surface area contributed by atoms with E-state index < -0.39 is 22.2 Å². The lowest BCUT2D eigenvalue weighted by atomic mass is 10.2. The van der Waals surface area contributed by atoms with Gasteiger partial charge < -0.3 is 10.2 Å². The van der Waals surface area contributed by atoms with Crippen molar-refractivity contribution in [1.29, 1.82) is 0 Å². The summed E-state index contributed by atoms with van der Waals surface area (Å²) in [6.07, 6.45) is 2.25. The Bertz CT molecular complexity index is 505. The van der Waals surface area contributed by atoms with Gasteiger partial charge in [0, 0.05) is 18.7 Å². The van der Waals surface area contributed by atoms with E-state index in [-0.39, 0.29) is 11.7 Å². The van der Waals surface area contributed by atoms with Crippen molar-refractivity contribution >= 4 is 11.4 Å². The largest absolute Gasteiger partial charge is 0.373 e. The van der Waals surface area contributed by atoms with Gasteiger partial charge in [-0.05, 0) is 38.9 Å². The molecular weight excluding hydrogens is 268 g/mol. The summed E-state index contributed by atoms with van der Waals surface area (Å²) < 4.78 is 27.0. The van der Waals surface area contributed by atoms with Gasteiger partial charge in [0.1, 0.15) is 0 Å². The maximum Gasteiger partial charge on any atom is 0.295 e. The predicted octanol–water partition coefficient (Wildman–Crippen LogP) is 2.77. The van der Waals surface area contributed by atoms with Crippen molar-refractivity contribution in [3.63, 3.8) is 0 Å². The van der Waals surface area contributed by atoms with Crippen LogP contribution < -0.4 is 5.32 Å². The summed E-state index contributed by atoms with van der Waals surface area (Å²) in [5.41, 5.74) is -0.820. The SMILES string of the molecule is CC(CN1CCCC1)Nc1c([N+](=O)[O-])ccc(F)c1F. The van der Waals surface area contributed by atoms with Crippen LogP contribution in [-0.2, 0) is 0 Å². The molecule has 2 rings (SSSR count). The third-order valence-corrected chi connectivity index (χ3v) is 3.39. The molecule has 110 valence electrons. The Morgan fingerprint density at radius 3 is 2.65 bits per heavy atom. The molecule has 0 spiro atoms. The number of nitro benzene ring substituents is 1. The van der Waals surface area contributed by atoms with Crippen molar-refractivity contribution in [1.82, 2.24) is 4.90 Å². The van der Waals surface area contributed by atoms with Crippen molar-refractivity contribution < 1.29 is 13.7 Å². The molecule has 1 atom stereocenters. The maximum atomic E-state index is 13.7. The first-order valence-electron chi connectivity index (χ1n) is 6.60. The Labute approximate surface area is 115 Å². The zero-order valence-corrected chi connectivity index (χ0v) is 11.2. The summed E-state index contributed by atoms with van der Waals surface area (Å²) in [5.74, 6) is -2.29. The second-order valence-electron chi connectivity index (χ2n) is 5.07. The number of hydrogen-bond donors (Lipinski definition) is 1. The average Bonchev–Trinajstić information content (AvgIpc) is 2.87. The van der Waals surface area contributed by atoms with Crippen LogP contribution in [-0.4, -0.2) is 35.5 Å². The third-order valence-electron chi connectivity index (χ3n) is 3.39. The lowest BCUT2D eigenvalue weighted by Gasteiger charge is -2.22. The molecule has 0 bridgehead atoms. The van der Waals surface area contributed by atoms with Gasteiger partial charge >= 0.3 is 0 Å². The molecule has 7 heteroatoms.